The number of benzene rings is 3. The molecule has 0 spiro atoms. The standard InChI is InChI=1S/C22H19BrN2O3/c1-2-28-20-13-12-15(14-18(20)23)21(26)25-19-11-7-6-10-17(19)22(27)24-16-8-4-3-5-9-16/h3-14H,2H2,1H3,(H,24,27)(H,25,26). The Morgan fingerprint density at radius 2 is 1.61 bits per heavy atom. The highest BCUT2D eigenvalue weighted by Crippen LogP contribution is 2.27. The van der Waals surface area contributed by atoms with Gasteiger partial charge in [0.1, 0.15) is 5.75 Å². The van der Waals surface area contributed by atoms with Crippen molar-refractivity contribution in [3.05, 3.63) is 88.4 Å². The second-order valence-corrected chi connectivity index (χ2v) is 6.75. The highest BCUT2D eigenvalue weighted by molar-refractivity contribution is 9.10. The molecular formula is C22H19BrN2O3. The van der Waals surface area contributed by atoms with Gasteiger partial charge in [-0.15, -0.1) is 0 Å². The second kappa shape index (κ2) is 9.19. The molecule has 0 aliphatic rings. The Bertz CT molecular complexity index is 990. The lowest BCUT2D eigenvalue weighted by Crippen LogP contribution is -2.18. The first-order valence-corrected chi connectivity index (χ1v) is 9.57. The summed E-state index contributed by atoms with van der Waals surface area (Å²) < 4.78 is 6.16. The van der Waals surface area contributed by atoms with Crippen molar-refractivity contribution >= 4 is 39.1 Å². The third-order valence-corrected chi connectivity index (χ3v) is 4.57. The molecule has 0 aliphatic heterocycles. The van der Waals surface area contributed by atoms with Crippen LogP contribution in [0, 0.1) is 0 Å². The number of nitrogens with one attached hydrogen (secondary N) is 2. The van der Waals surface area contributed by atoms with E-state index in [-0.39, 0.29) is 11.8 Å². The Hall–Kier alpha value is -3.12. The predicted octanol–water partition coefficient (Wildman–Crippen LogP) is 5.35. The summed E-state index contributed by atoms with van der Waals surface area (Å²) in [5.41, 5.74) is 1.95. The van der Waals surface area contributed by atoms with Crippen molar-refractivity contribution in [3.63, 3.8) is 0 Å². The molecule has 0 unspecified atom stereocenters. The van der Waals surface area contributed by atoms with Crippen molar-refractivity contribution in [1.82, 2.24) is 0 Å². The van der Waals surface area contributed by atoms with E-state index >= 15 is 0 Å². The van der Waals surface area contributed by atoms with E-state index in [1.807, 2.05) is 25.1 Å². The van der Waals surface area contributed by atoms with Gasteiger partial charge in [-0.2, -0.15) is 0 Å². The number of hydrogen-bond donors (Lipinski definition) is 2. The van der Waals surface area contributed by atoms with E-state index in [0.717, 1.165) is 0 Å². The summed E-state index contributed by atoms with van der Waals surface area (Å²) in [6, 6.07) is 21.1. The van der Waals surface area contributed by atoms with Crippen molar-refractivity contribution in [3.8, 4) is 5.75 Å². The zero-order valence-corrected chi connectivity index (χ0v) is 16.8. The van der Waals surface area contributed by atoms with Crippen LogP contribution in [-0.2, 0) is 0 Å². The van der Waals surface area contributed by atoms with E-state index in [2.05, 4.69) is 26.6 Å². The fraction of sp³-hybridized carbons (Fsp3) is 0.0909. The third-order valence-electron chi connectivity index (χ3n) is 3.95. The Balaban J connectivity index is 1.78. The van der Waals surface area contributed by atoms with Gasteiger partial charge in [-0.05, 0) is 65.3 Å². The van der Waals surface area contributed by atoms with Gasteiger partial charge in [0, 0.05) is 11.3 Å². The van der Waals surface area contributed by atoms with Gasteiger partial charge >= 0.3 is 0 Å². The summed E-state index contributed by atoms with van der Waals surface area (Å²) in [6.45, 7) is 2.43. The van der Waals surface area contributed by atoms with Crippen molar-refractivity contribution in [2.24, 2.45) is 0 Å². The minimum Gasteiger partial charge on any atom is -0.493 e. The van der Waals surface area contributed by atoms with E-state index in [9.17, 15) is 9.59 Å². The van der Waals surface area contributed by atoms with Gasteiger partial charge in [-0.25, -0.2) is 0 Å². The summed E-state index contributed by atoms with van der Waals surface area (Å²) in [5, 5.41) is 5.64. The van der Waals surface area contributed by atoms with Gasteiger partial charge in [0.25, 0.3) is 11.8 Å². The van der Waals surface area contributed by atoms with Crippen LogP contribution in [0.5, 0.6) is 5.75 Å². The molecule has 2 N–H and O–H groups in total. The molecule has 0 aromatic heterocycles. The van der Waals surface area contributed by atoms with E-state index in [1.165, 1.54) is 0 Å². The average molecular weight is 439 g/mol. The zero-order valence-electron chi connectivity index (χ0n) is 15.2. The normalized spacial score (nSPS) is 10.2. The number of carbonyl (C=O) groups excluding carboxylic acids is 2. The number of anilines is 2. The van der Waals surface area contributed by atoms with Crippen LogP contribution in [0.3, 0.4) is 0 Å². The number of rotatable bonds is 6. The van der Waals surface area contributed by atoms with E-state index in [1.54, 1.807) is 54.6 Å². The minimum absolute atomic E-state index is 0.296. The monoisotopic (exact) mass is 438 g/mol. The fourth-order valence-electron chi connectivity index (χ4n) is 2.62. The number of para-hydroxylation sites is 2. The molecule has 142 valence electrons. The van der Waals surface area contributed by atoms with Crippen LogP contribution in [0.15, 0.2) is 77.3 Å². The third kappa shape index (κ3) is 4.78. The molecule has 0 heterocycles. The lowest BCUT2D eigenvalue weighted by Gasteiger charge is -2.12. The first-order valence-electron chi connectivity index (χ1n) is 8.77. The summed E-state index contributed by atoms with van der Waals surface area (Å²) in [7, 11) is 0. The van der Waals surface area contributed by atoms with Gasteiger partial charge in [0.05, 0.1) is 22.3 Å². The number of ether oxygens (including phenoxy) is 1. The maximum Gasteiger partial charge on any atom is 0.257 e. The molecule has 3 aromatic carbocycles. The van der Waals surface area contributed by atoms with Crippen LogP contribution in [-0.4, -0.2) is 18.4 Å². The quantitative estimate of drug-likeness (QED) is 0.544. The van der Waals surface area contributed by atoms with Crippen molar-refractivity contribution in [1.29, 1.82) is 0 Å². The van der Waals surface area contributed by atoms with Gasteiger partial charge in [-0.1, -0.05) is 30.3 Å². The molecule has 0 radical (unpaired) electrons. The van der Waals surface area contributed by atoms with Crippen molar-refractivity contribution in [2.75, 3.05) is 17.2 Å². The molecule has 0 aliphatic carbocycles. The molecule has 6 heteroatoms. The molecule has 3 rings (SSSR count). The second-order valence-electron chi connectivity index (χ2n) is 5.90. The van der Waals surface area contributed by atoms with Gasteiger partial charge in [0.2, 0.25) is 0 Å². The molecule has 5 nitrogen and oxygen atoms in total. The lowest BCUT2D eigenvalue weighted by atomic mass is 10.1. The SMILES string of the molecule is CCOc1ccc(C(=O)Nc2ccccc2C(=O)Nc2ccccc2)cc1Br. The fourth-order valence-corrected chi connectivity index (χ4v) is 3.11. The van der Waals surface area contributed by atoms with Crippen molar-refractivity contribution in [2.45, 2.75) is 6.92 Å². The summed E-state index contributed by atoms with van der Waals surface area (Å²) in [4.78, 5) is 25.3. The van der Waals surface area contributed by atoms with Gasteiger partial charge < -0.3 is 15.4 Å². The van der Waals surface area contributed by atoms with Gasteiger partial charge in [-0.3, -0.25) is 9.59 Å². The van der Waals surface area contributed by atoms with Crippen LogP contribution in [0.4, 0.5) is 11.4 Å². The number of halogens is 1. The number of hydrogen-bond acceptors (Lipinski definition) is 3. The van der Waals surface area contributed by atoms with E-state index in [0.29, 0.717) is 39.3 Å². The molecule has 28 heavy (non-hydrogen) atoms. The van der Waals surface area contributed by atoms with Crippen LogP contribution in [0.25, 0.3) is 0 Å². The topological polar surface area (TPSA) is 67.4 Å². The molecule has 0 atom stereocenters. The zero-order chi connectivity index (χ0) is 19.9. The highest BCUT2D eigenvalue weighted by Gasteiger charge is 2.15. The molecule has 2 amide bonds. The molecule has 3 aromatic rings. The Labute approximate surface area is 171 Å². The van der Waals surface area contributed by atoms with E-state index < -0.39 is 0 Å². The highest BCUT2D eigenvalue weighted by atomic mass is 79.9. The van der Waals surface area contributed by atoms with Crippen molar-refractivity contribution < 1.29 is 14.3 Å². The minimum atomic E-state index is -0.316. The molecule has 0 saturated heterocycles. The smallest absolute Gasteiger partial charge is 0.257 e. The van der Waals surface area contributed by atoms with Crippen LogP contribution >= 0.6 is 15.9 Å². The largest absolute Gasteiger partial charge is 0.493 e. The molecule has 0 bridgehead atoms. The first-order chi connectivity index (χ1) is 13.6. The number of carbonyl (C=O) groups is 2. The first kappa shape index (κ1) is 19.6. The Morgan fingerprint density at radius 1 is 0.893 bits per heavy atom. The Kier molecular flexibility index (Phi) is 6.45. The molecular weight excluding hydrogens is 420 g/mol. The summed E-state index contributed by atoms with van der Waals surface area (Å²) in [5.74, 6) is 0.0559. The molecule has 0 fully saturated rings. The summed E-state index contributed by atoms with van der Waals surface area (Å²) in [6.07, 6.45) is 0. The molecule has 0 saturated carbocycles. The number of amides is 2. The maximum atomic E-state index is 12.7. The van der Waals surface area contributed by atoms with Crippen LogP contribution in [0.2, 0.25) is 0 Å². The average Bonchev–Trinajstić information content (AvgIpc) is 2.70. The van der Waals surface area contributed by atoms with E-state index in [4.69, 9.17) is 4.74 Å². The van der Waals surface area contributed by atoms with Crippen LogP contribution < -0.4 is 15.4 Å². The van der Waals surface area contributed by atoms with Gasteiger partial charge in [0.15, 0.2) is 0 Å². The Morgan fingerprint density at radius 3 is 2.32 bits per heavy atom. The van der Waals surface area contributed by atoms with Crippen LogP contribution in [0.1, 0.15) is 27.6 Å². The predicted molar refractivity (Wildman–Crippen MR) is 114 cm³/mol. The summed E-state index contributed by atoms with van der Waals surface area (Å²) >= 11 is 3.41. The maximum absolute atomic E-state index is 12.7. The lowest BCUT2D eigenvalue weighted by molar-refractivity contribution is 0.102.